The maximum Gasteiger partial charge on any atom is 0.0542 e. The molecule has 0 aliphatic rings. The summed E-state index contributed by atoms with van der Waals surface area (Å²) in [7, 11) is 0. The van der Waals surface area contributed by atoms with E-state index < -0.39 is 0 Å². The first-order chi connectivity index (χ1) is 27.4. The summed E-state index contributed by atoms with van der Waals surface area (Å²) in [5, 5.41) is 20.6. The van der Waals surface area contributed by atoms with Gasteiger partial charge in [0.25, 0.3) is 0 Å². The predicted molar refractivity (Wildman–Crippen MR) is 258 cm³/mol. The lowest BCUT2D eigenvalue weighted by Crippen LogP contribution is -2.13. The molecule has 4 atom stereocenters. The molecule has 0 aliphatic heterocycles. The number of hydrogen-bond donors (Lipinski definition) is 2. The largest absolute Gasteiger partial charge is 0.393 e. The van der Waals surface area contributed by atoms with Gasteiger partial charge in [-0.15, -0.1) is 0 Å². The fourth-order valence-electron chi connectivity index (χ4n) is 8.29. The van der Waals surface area contributed by atoms with Crippen molar-refractivity contribution in [3.05, 3.63) is 0 Å². The Morgan fingerprint density at radius 1 is 0.232 bits per heavy atom. The van der Waals surface area contributed by atoms with Crippen molar-refractivity contribution in [3.63, 3.8) is 0 Å². The minimum atomic E-state index is -0.0494. The van der Waals surface area contributed by atoms with Crippen molar-refractivity contribution in [1.82, 2.24) is 0 Å². The highest BCUT2D eigenvalue weighted by Gasteiger charge is 2.14. The monoisotopic (exact) mass is 795 g/mol. The lowest BCUT2D eigenvalue weighted by atomic mass is 9.90. The van der Waals surface area contributed by atoms with Crippen molar-refractivity contribution in [3.8, 4) is 0 Å². The maximum absolute atomic E-state index is 10.5. The maximum atomic E-state index is 10.5. The standard InChI is InChI=1S/C30H62O.C18H38O.C6H14/c1-4-7-9-11-13-15-16-17-19-21-23-25-27-30(31)28-29(6-3)26-24-22-20-18-14-12-10-8-5-2;1-4-7-9-10-11-13-15-18(19)16-17(6-3)14-12-8-5-2;1-3-5-6-4-2/h29-31H,4-28H2,1-3H3;17-19H,4-16H2,1-3H3;3-6H2,1-2H3. The molecule has 4 unspecified atom stereocenters. The van der Waals surface area contributed by atoms with Crippen LogP contribution in [0.3, 0.4) is 0 Å². The van der Waals surface area contributed by atoms with Crippen molar-refractivity contribution in [2.24, 2.45) is 11.8 Å². The summed E-state index contributed by atoms with van der Waals surface area (Å²) in [6.45, 7) is 18.1. The van der Waals surface area contributed by atoms with E-state index in [1.807, 2.05) is 0 Å². The average molecular weight is 796 g/mol. The van der Waals surface area contributed by atoms with E-state index in [1.54, 1.807) is 0 Å². The molecule has 0 aliphatic carbocycles. The predicted octanol–water partition coefficient (Wildman–Crippen LogP) is 19.5. The molecule has 0 bridgehead atoms. The van der Waals surface area contributed by atoms with E-state index in [-0.39, 0.29) is 12.2 Å². The van der Waals surface area contributed by atoms with Crippen LogP contribution < -0.4 is 0 Å². The summed E-state index contributed by atoms with van der Waals surface area (Å²) in [5.74, 6) is 1.50. The Kier molecular flexibility index (Phi) is 59.1. The molecule has 0 amide bonds. The Hall–Kier alpha value is -0.0800. The summed E-state index contributed by atoms with van der Waals surface area (Å²) in [6.07, 6.45) is 56.1. The van der Waals surface area contributed by atoms with Crippen LogP contribution in [0.1, 0.15) is 325 Å². The van der Waals surface area contributed by atoms with E-state index in [0.717, 1.165) is 37.5 Å². The zero-order valence-corrected chi connectivity index (χ0v) is 40.9. The van der Waals surface area contributed by atoms with Crippen molar-refractivity contribution < 1.29 is 10.2 Å². The molecule has 2 N–H and O–H groups in total. The molecule has 2 heteroatoms. The van der Waals surface area contributed by atoms with Crippen LogP contribution in [0.25, 0.3) is 0 Å². The molecule has 0 fully saturated rings. The highest BCUT2D eigenvalue weighted by Crippen LogP contribution is 2.24. The van der Waals surface area contributed by atoms with Crippen LogP contribution in [0.5, 0.6) is 0 Å². The molecule has 0 heterocycles. The van der Waals surface area contributed by atoms with E-state index >= 15 is 0 Å². The molecular formula is C54H114O2. The van der Waals surface area contributed by atoms with Gasteiger partial charge in [0.1, 0.15) is 0 Å². The third-order valence-corrected chi connectivity index (χ3v) is 12.5. The van der Waals surface area contributed by atoms with Gasteiger partial charge in [0.05, 0.1) is 12.2 Å². The lowest BCUT2D eigenvalue weighted by Gasteiger charge is -2.19. The molecule has 0 spiro atoms. The molecule has 342 valence electrons. The Balaban J connectivity index is -0.000000947. The Labute approximate surface area is 358 Å². The second-order valence-corrected chi connectivity index (χ2v) is 18.4. The molecule has 2 nitrogen and oxygen atoms in total. The molecule has 0 rings (SSSR count). The molecular weight excluding hydrogens is 681 g/mol. The Bertz CT molecular complexity index is 630. The van der Waals surface area contributed by atoms with Gasteiger partial charge in [-0.25, -0.2) is 0 Å². The van der Waals surface area contributed by atoms with Crippen LogP contribution in [-0.4, -0.2) is 22.4 Å². The SMILES string of the molecule is CCCCCC.CCCCCCCCC(O)CC(CC)CCCCC.CCCCCCCCCCCCCCC(O)CC(CC)CCCCCCCCCCC. The summed E-state index contributed by atoms with van der Waals surface area (Å²) < 4.78 is 0. The third kappa shape index (κ3) is 53.9. The highest BCUT2D eigenvalue weighted by molar-refractivity contribution is 4.66. The minimum absolute atomic E-state index is 0.0437. The summed E-state index contributed by atoms with van der Waals surface area (Å²) in [5.41, 5.74) is 0. The normalized spacial score (nSPS) is 13.4. The number of aliphatic hydroxyl groups excluding tert-OH is 2. The zero-order valence-electron chi connectivity index (χ0n) is 40.9. The minimum Gasteiger partial charge on any atom is -0.393 e. The van der Waals surface area contributed by atoms with Gasteiger partial charge in [-0.3, -0.25) is 0 Å². The molecule has 0 aromatic heterocycles. The van der Waals surface area contributed by atoms with E-state index in [9.17, 15) is 10.2 Å². The van der Waals surface area contributed by atoms with Gasteiger partial charge in [-0.2, -0.15) is 0 Å². The zero-order chi connectivity index (χ0) is 42.0. The third-order valence-electron chi connectivity index (χ3n) is 12.5. The van der Waals surface area contributed by atoms with Crippen molar-refractivity contribution in [2.75, 3.05) is 0 Å². The van der Waals surface area contributed by atoms with Crippen LogP contribution in [0, 0.1) is 11.8 Å². The average Bonchev–Trinajstić information content (AvgIpc) is 3.20. The van der Waals surface area contributed by atoms with Gasteiger partial charge in [-0.1, -0.05) is 299 Å². The summed E-state index contributed by atoms with van der Waals surface area (Å²) >= 11 is 0. The molecule has 0 radical (unpaired) electrons. The van der Waals surface area contributed by atoms with Crippen molar-refractivity contribution >= 4 is 0 Å². The van der Waals surface area contributed by atoms with Gasteiger partial charge in [0.2, 0.25) is 0 Å². The lowest BCUT2D eigenvalue weighted by molar-refractivity contribution is 0.125. The van der Waals surface area contributed by atoms with Crippen LogP contribution in [0.2, 0.25) is 0 Å². The van der Waals surface area contributed by atoms with Gasteiger partial charge in [-0.05, 0) is 37.5 Å². The highest BCUT2D eigenvalue weighted by atomic mass is 16.3. The van der Waals surface area contributed by atoms with E-state index in [2.05, 4.69) is 55.4 Å². The first-order valence-corrected chi connectivity index (χ1v) is 26.8. The Morgan fingerprint density at radius 2 is 0.411 bits per heavy atom. The van der Waals surface area contributed by atoms with Crippen LogP contribution >= 0.6 is 0 Å². The van der Waals surface area contributed by atoms with Gasteiger partial charge in [0.15, 0.2) is 0 Å². The smallest absolute Gasteiger partial charge is 0.0542 e. The second kappa shape index (κ2) is 54.9. The summed E-state index contributed by atoms with van der Waals surface area (Å²) in [6, 6.07) is 0. The molecule has 0 aromatic rings. The first kappa shape index (κ1) is 60.2. The van der Waals surface area contributed by atoms with Gasteiger partial charge < -0.3 is 10.2 Å². The first-order valence-electron chi connectivity index (χ1n) is 26.8. The topological polar surface area (TPSA) is 40.5 Å². The Morgan fingerprint density at radius 3 is 0.661 bits per heavy atom. The quantitative estimate of drug-likeness (QED) is 0.0604. The fourth-order valence-corrected chi connectivity index (χ4v) is 8.29. The number of aliphatic hydroxyl groups is 2. The molecule has 0 saturated heterocycles. The van der Waals surface area contributed by atoms with Gasteiger partial charge in [0, 0.05) is 0 Å². The molecule has 0 saturated carbocycles. The van der Waals surface area contributed by atoms with Gasteiger partial charge >= 0.3 is 0 Å². The number of unbranched alkanes of at least 4 members (excludes halogenated alkanes) is 29. The van der Waals surface area contributed by atoms with Crippen molar-refractivity contribution in [2.45, 2.75) is 337 Å². The summed E-state index contributed by atoms with van der Waals surface area (Å²) in [4.78, 5) is 0. The van der Waals surface area contributed by atoms with Crippen molar-refractivity contribution in [1.29, 1.82) is 0 Å². The van der Waals surface area contributed by atoms with Crippen LogP contribution in [0.15, 0.2) is 0 Å². The molecule has 0 aromatic carbocycles. The van der Waals surface area contributed by atoms with E-state index in [4.69, 9.17) is 0 Å². The number of rotatable bonds is 43. The molecule has 56 heavy (non-hydrogen) atoms. The second-order valence-electron chi connectivity index (χ2n) is 18.4. The van der Waals surface area contributed by atoms with E-state index in [1.165, 1.54) is 244 Å². The number of hydrogen-bond acceptors (Lipinski definition) is 2. The van der Waals surface area contributed by atoms with Crippen LogP contribution in [-0.2, 0) is 0 Å². The van der Waals surface area contributed by atoms with E-state index in [0.29, 0.717) is 0 Å². The van der Waals surface area contributed by atoms with Crippen LogP contribution in [0.4, 0.5) is 0 Å². The fraction of sp³-hybridized carbons (Fsp3) is 1.00.